The minimum Gasteiger partial charge on any atom is -0.376 e. The maximum atomic E-state index is 13.7. The zero-order chi connectivity index (χ0) is 14.9. The minimum atomic E-state index is -0.625. The van der Waals surface area contributed by atoms with E-state index in [2.05, 4.69) is 26.3 Å². The first-order chi connectivity index (χ1) is 9.27. The Bertz CT molecular complexity index is 594. The molecule has 2 rings (SSSR count). The van der Waals surface area contributed by atoms with E-state index in [0.717, 1.165) is 5.56 Å². The highest BCUT2D eigenvalue weighted by atomic mass is 79.9. The molecule has 0 aliphatic rings. The SMILES string of the molecule is CC(C)(C)n1cc(CNc2c(F)cc(Br)cc2F)cn1. The zero-order valence-electron chi connectivity index (χ0n) is 11.5. The summed E-state index contributed by atoms with van der Waals surface area (Å²) in [6, 6.07) is 2.45. The first-order valence-electron chi connectivity index (χ1n) is 6.20. The summed E-state index contributed by atoms with van der Waals surface area (Å²) in [4.78, 5) is 0. The van der Waals surface area contributed by atoms with Crippen molar-refractivity contribution in [2.75, 3.05) is 5.32 Å². The topological polar surface area (TPSA) is 29.9 Å². The minimum absolute atomic E-state index is 0.119. The number of nitrogens with zero attached hydrogens (tertiary/aromatic N) is 2. The summed E-state index contributed by atoms with van der Waals surface area (Å²) in [5.74, 6) is -1.25. The molecule has 20 heavy (non-hydrogen) atoms. The van der Waals surface area contributed by atoms with Crippen molar-refractivity contribution in [1.82, 2.24) is 9.78 Å². The zero-order valence-corrected chi connectivity index (χ0v) is 13.1. The fraction of sp³-hybridized carbons (Fsp3) is 0.357. The van der Waals surface area contributed by atoms with Gasteiger partial charge in [-0.1, -0.05) is 15.9 Å². The fourth-order valence-corrected chi connectivity index (χ4v) is 2.12. The summed E-state index contributed by atoms with van der Waals surface area (Å²) in [5, 5.41) is 7.01. The van der Waals surface area contributed by atoms with Crippen molar-refractivity contribution in [3.8, 4) is 0 Å². The number of anilines is 1. The lowest BCUT2D eigenvalue weighted by Gasteiger charge is -2.18. The number of hydrogen-bond donors (Lipinski definition) is 1. The maximum absolute atomic E-state index is 13.7. The molecule has 6 heteroatoms. The van der Waals surface area contributed by atoms with Gasteiger partial charge in [0.25, 0.3) is 0 Å². The molecule has 0 spiro atoms. The average molecular weight is 344 g/mol. The summed E-state index contributed by atoms with van der Waals surface area (Å²) in [7, 11) is 0. The number of nitrogens with one attached hydrogen (secondary N) is 1. The van der Waals surface area contributed by atoms with Gasteiger partial charge >= 0.3 is 0 Å². The van der Waals surface area contributed by atoms with Crippen LogP contribution in [0.4, 0.5) is 14.5 Å². The largest absolute Gasteiger partial charge is 0.376 e. The Morgan fingerprint density at radius 3 is 2.35 bits per heavy atom. The molecule has 0 aliphatic heterocycles. The maximum Gasteiger partial charge on any atom is 0.150 e. The lowest BCUT2D eigenvalue weighted by atomic mass is 10.1. The first kappa shape index (κ1) is 15.0. The van der Waals surface area contributed by atoms with Crippen LogP contribution in [0.15, 0.2) is 29.0 Å². The van der Waals surface area contributed by atoms with Crippen molar-refractivity contribution in [1.29, 1.82) is 0 Å². The summed E-state index contributed by atoms with van der Waals surface area (Å²) in [6.07, 6.45) is 3.55. The van der Waals surface area contributed by atoms with Crippen LogP contribution >= 0.6 is 15.9 Å². The smallest absolute Gasteiger partial charge is 0.150 e. The van der Waals surface area contributed by atoms with E-state index in [9.17, 15) is 8.78 Å². The van der Waals surface area contributed by atoms with Crippen LogP contribution in [0.25, 0.3) is 0 Å². The van der Waals surface area contributed by atoms with Gasteiger partial charge in [-0.05, 0) is 32.9 Å². The van der Waals surface area contributed by atoms with Gasteiger partial charge in [0.15, 0.2) is 0 Å². The Labute approximate surface area is 125 Å². The van der Waals surface area contributed by atoms with Gasteiger partial charge < -0.3 is 5.32 Å². The van der Waals surface area contributed by atoms with Crippen LogP contribution in [0.5, 0.6) is 0 Å². The molecule has 0 aliphatic carbocycles. The molecular formula is C14H16BrF2N3. The van der Waals surface area contributed by atoms with Gasteiger partial charge in [0, 0.05) is 22.8 Å². The van der Waals surface area contributed by atoms with Crippen LogP contribution in [0.3, 0.4) is 0 Å². The molecule has 0 saturated heterocycles. The number of hydrogen-bond acceptors (Lipinski definition) is 2. The number of benzene rings is 1. The molecule has 1 heterocycles. The van der Waals surface area contributed by atoms with E-state index in [-0.39, 0.29) is 11.2 Å². The lowest BCUT2D eigenvalue weighted by molar-refractivity contribution is 0.355. The van der Waals surface area contributed by atoms with Crippen LogP contribution in [-0.2, 0) is 12.1 Å². The Morgan fingerprint density at radius 1 is 1.25 bits per heavy atom. The second-order valence-corrected chi connectivity index (χ2v) is 6.48. The highest BCUT2D eigenvalue weighted by molar-refractivity contribution is 9.10. The predicted molar refractivity (Wildman–Crippen MR) is 78.6 cm³/mol. The molecule has 0 atom stereocenters. The van der Waals surface area contributed by atoms with E-state index in [1.54, 1.807) is 6.20 Å². The molecule has 2 aromatic rings. The van der Waals surface area contributed by atoms with Crippen LogP contribution in [0.1, 0.15) is 26.3 Å². The third-order valence-corrected chi connectivity index (χ3v) is 3.26. The fourth-order valence-electron chi connectivity index (χ4n) is 1.72. The van der Waals surface area contributed by atoms with Crippen molar-refractivity contribution in [3.63, 3.8) is 0 Å². The molecule has 1 N–H and O–H groups in total. The van der Waals surface area contributed by atoms with Gasteiger partial charge in [0.05, 0.1) is 11.7 Å². The summed E-state index contributed by atoms with van der Waals surface area (Å²) >= 11 is 3.05. The Hall–Kier alpha value is -1.43. The highest BCUT2D eigenvalue weighted by Crippen LogP contribution is 2.24. The van der Waals surface area contributed by atoms with E-state index in [0.29, 0.717) is 11.0 Å². The van der Waals surface area contributed by atoms with Crippen molar-refractivity contribution in [2.24, 2.45) is 0 Å². The lowest BCUT2D eigenvalue weighted by Crippen LogP contribution is -2.22. The van der Waals surface area contributed by atoms with Gasteiger partial charge in [0.2, 0.25) is 0 Å². The highest BCUT2D eigenvalue weighted by Gasteiger charge is 2.15. The third kappa shape index (κ3) is 3.36. The van der Waals surface area contributed by atoms with Gasteiger partial charge in [-0.3, -0.25) is 4.68 Å². The van der Waals surface area contributed by atoms with Crippen LogP contribution in [0, 0.1) is 11.6 Å². The Balaban J connectivity index is 2.12. The normalized spacial score (nSPS) is 11.7. The molecule has 0 amide bonds. The molecular weight excluding hydrogens is 328 g/mol. The molecule has 1 aromatic carbocycles. The molecule has 108 valence electrons. The molecule has 0 unspecified atom stereocenters. The van der Waals surface area contributed by atoms with Crippen molar-refractivity contribution < 1.29 is 8.78 Å². The second kappa shape index (κ2) is 5.52. The standard InChI is InChI=1S/C14H16BrF2N3/c1-14(2,3)20-8-9(7-19-20)6-18-13-11(16)4-10(15)5-12(13)17/h4-5,7-8,18H,6H2,1-3H3. The number of rotatable bonds is 3. The van der Waals surface area contributed by atoms with Gasteiger partial charge in [-0.2, -0.15) is 5.10 Å². The van der Waals surface area contributed by atoms with E-state index in [4.69, 9.17) is 0 Å². The molecule has 3 nitrogen and oxygen atoms in total. The summed E-state index contributed by atoms with van der Waals surface area (Å²) < 4.78 is 29.5. The average Bonchev–Trinajstić information content (AvgIpc) is 2.75. The van der Waals surface area contributed by atoms with Crippen LogP contribution in [0.2, 0.25) is 0 Å². The van der Waals surface area contributed by atoms with Crippen LogP contribution in [-0.4, -0.2) is 9.78 Å². The number of aromatic nitrogens is 2. The quantitative estimate of drug-likeness (QED) is 0.900. The molecule has 0 saturated carbocycles. The Kier molecular flexibility index (Phi) is 4.13. The summed E-state index contributed by atoms with van der Waals surface area (Å²) in [6.45, 7) is 6.41. The number of halogens is 3. The summed E-state index contributed by atoms with van der Waals surface area (Å²) in [5.41, 5.74) is 0.616. The first-order valence-corrected chi connectivity index (χ1v) is 6.99. The molecule has 1 aromatic heterocycles. The van der Waals surface area contributed by atoms with Crippen LogP contribution < -0.4 is 5.32 Å². The van der Waals surface area contributed by atoms with E-state index in [1.807, 2.05) is 31.6 Å². The molecule has 0 bridgehead atoms. The van der Waals surface area contributed by atoms with Crippen molar-refractivity contribution in [3.05, 3.63) is 46.2 Å². The van der Waals surface area contributed by atoms with Crippen molar-refractivity contribution in [2.45, 2.75) is 32.9 Å². The molecule has 0 fully saturated rings. The predicted octanol–water partition coefficient (Wildman–Crippen LogP) is 4.29. The van der Waals surface area contributed by atoms with Crippen molar-refractivity contribution >= 4 is 21.6 Å². The van der Waals surface area contributed by atoms with E-state index in [1.165, 1.54) is 12.1 Å². The van der Waals surface area contributed by atoms with Gasteiger partial charge in [-0.25, -0.2) is 8.78 Å². The third-order valence-electron chi connectivity index (χ3n) is 2.80. The van der Waals surface area contributed by atoms with E-state index < -0.39 is 11.6 Å². The monoisotopic (exact) mass is 343 g/mol. The Morgan fingerprint density at radius 2 is 1.85 bits per heavy atom. The van der Waals surface area contributed by atoms with Gasteiger partial charge in [-0.15, -0.1) is 0 Å². The molecule has 0 radical (unpaired) electrons. The second-order valence-electron chi connectivity index (χ2n) is 5.56. The van der Waals surface area contributed by atoms with Gasteiger partial charge in [0.1, 0.15) is 17.3 Å². The van der Waals surface area contributed by atoms with E-state index >= 15 is 0 Å².